The van der Waals surface area contributed by atoms with Gasteiger partial charge in [-0.15, -0.1) is 0 Å². The predicted octanol–water partition coefficient (Wildman–Crippen LogP) is 0.242. The van der Waals surface area contributed by atoms with Crippen molar-refractivity contribution >= 4 is 0 Å². The molecule has 1 heterocycles. The van der Waals surface area contributed by atoms with Crippen LogP contribution in [-0.4, -0.2) is 33.6 Å². The molecule has 0 radical (unpaired) electrons. The smallest absolute Gasteiger partial charge is 0.0636 e. The zero-order valence-corrected chi connectivity index (χ0v) is 8.14. The lowest BCUT2D eigenvalue weighted by molar-refractivity contribution is 0.185. The van der Waals surface area contributed by atoms with Crippen LogP contribution in [-0.2, 0) is 6.54 Å². The Bertz CT molecular complexity index is 221. The molecule has 0 aromatic carbocycles. The lowest BCUT2D eigenvalue weighted by Gasteiger charge is -2.14. The van der Waals surface area contributed by atoms with Crippen LogP contribution >= 0.6 is 0 Å². The van der Waals surface area contributed by atoms with Gasteiger partial charge in [0.15, 0.2) is 0 Å². The van der Waals surface area contributed by atoms with Gasteiger partial charge in [0.25, 0.3) is 0 Å². The van der Waals surface area contributed by atoms with Crippen LogP contribution in [0.1, 0.15) is 13.8 Å². The number of hydrogen-bond donors (Lipinski definition) is 2. The fraction of sp³-hybridized carbons (Fsp3) is 0.667. The van der Waals surface area contributed by atoms with Gasteiger partial charge >= 0.3 is 0 Å². The molecule has 4 heteroatoms. The van der Waals surface area contributed by atoms with Gasteiger partial charge in [-0.3, -0.25) is 4.68 Å². The van der Waals surface area contributed by atoms with Crippen LogP contribution in [0.2, 0.25) is 0 Å². The SMILES string of the molecule is CC(Cn1cccn1)NC[C@@H](C)O. The van der Waals surface area contributed by atoms with Crippen LogP contribution in [0.3, 0.4) is 0 Å². The Labute approximate surface area is 78.6 Å². The highest BCUT2D eigenvalue weighted by Gasteiger charge is 2.03. The van der Waals surface area contributed by atoms with Crippen LogP contribution in [0.4, 0.5) is 0 Å². The number of nitrogens with one attached hydrogen (secondary N) is 1. The van der Waals surface area contributed by atoms with Crippen molar-refractivity contribution in [2.45, 2.75) is 32.5 Å². The molecule has 0 aliphatic rings. The number of rotatable bonds is 5. The number of aliphatic hydroxyl groups excluding tert-OH is 1. The first-order chi connectivity index (χ1) is 6.18. The van der Waals surface area contributed by atoms with Crippen molar-refractivity contribution in [3.8, 4) is 0 Å². The van der Waals surface area contributed by atoms with Crippen molar-refractivity contribution in [3.05, 3.63) is 18.5 Å². The summed E-state index contributed by atoms with van der Waals surface area (Å²) in [5.74, 6) is 0. The quantitative estimate of drug-likeness (QED) is 0.687. The van der Waals surface area contributed by atoms with Crippen molar-refractivity contribution in [2.24, 2.45) is 0 Å². The van der Waals surface area contributed by atoms with E-state index >= 15 is 0 Å². The molecule has 0 spiro atoms. The average Bonchev–Trinajstić information content (AvgIpc) is 2.53. The number of hydrogen-bond acceptors (Lipinski definition) is 3. The summed E-state index contributed by atoms with van der Waals surface area (Å²) >= 11 is 0. The normalized spacial score (nSPS) is 15.6. The van der Waals surface area contributed by atoms with Crippen LogP contribution in [0.25, 0.3) is 0 Å². The molecule has 1 aromatic heterocycles. The molecule has 0 aliphatic heterocycles. The van der Waals surface area contributed by atoms with Crippen molar-refractivity contribution in [3.63, 3.8) is 0 Å². The maximum absolute atomic E-state index is 9.04. The fourth-order valence-corrected chi connectivity index (χ4v) is 1.13. The van der Waals surface area contributed by atoms with Crippen LogP contribution in [0.15, 0.2) is 18.5 Å². The minimum Gasteiger partial charge on any atom is -0.392 e. The van der Waals surface area contributed by atoms with Gasteiger partial charge in [0.1, 0.15) is 0 Å². The summed E-state index contributed by atoms with van der Waals surface area (Å²) in [5, 5.41) is 16.3. The number of nitrogens with zero attached hydrogens (tertiary/aromatic N) is 2. The molecule has 1 unspecified atom stereocenters. The van der Waals surface area contributed by atoms with E-state index in [1.807, 2.05) is 16.9 Å². The first-order valence-corrected chi connectivity index (χ1v) is 4.57. The molecule has 0 fully saturated rings. The van der Waals surface area contributed by atoms with Gasteiger partial charge < -0.3 is 10.4 Å². The van der Waals surface area contributed by atoms with Gasteiger partial charge in [0.05, 0.1) is 12.6 Å². The van der Waals surface area contributed by atoms with Crippen molar-refractivity contribution in [1.29, 1.82) is 0 Å². The molecule has 0 amide bonds. The van der Waals surface area contributed by atoms with E-state index in [9.17, 15) is 0 Å². The lowest BCUT2D eigenvalue weighted by Crippen LogP contribution is -2.35. The van der Waals surface area contributed by atoms with Crippen LogP contribution in [0.5, 0.6) is 0 Å². The molecule has 4 nitrogen and oxygen atoms in total. The third kappa shape index (κ3) is 4.05. The van der Waals surface area contributed by atoms with E-state index in [1.165, 1.54) is 0 Å². The van der Waals surface area contributed by atoms with Gasteiger partial charge in [-0.25, -0.2) is 0 Å². The zero-order valence-electron chi connectivity index (χ0n) is 8.14. The zero-order chi connectivity index (χ0) is 9.68. The molecule has 13 heavy (non-hydrogen) atoms. The minimum absolute atomic E-state index is 0.292. The molecule has 0 saturated heterocycles. The summed E-state index contributed by atoms with van der Waals surface area (Å²) in [5.41, 5.74) is 0. The molecule has 74 valence electrons. The Kier molecular flexibility index (Phi) is 3.92. The Morgan fingerprint density at radius 1 is 1.54 bits per heavy atom. The highest BCUT2D eigenvalue weighted by molar-refractivity contribution is 4.79. The summed E-state index contributed by atoms with van der Waals surface area (Å²) in [6, 6.07) is 2.23. The predicted molar refractivity (Wildman–Crippen MR) is 51.4 cm³/mol. The van der Waals surface area contributed by atoms with E-state index in [2.05, 4.69) is 17.3 Å². The second-order valence-corrected chi connectivity index (χ2v) is 3.39. The summed E-state index contributed by atoms with van der Waals surface area (Å²) in [7, 11) is 0. The highest BCUT2D eigenvalue weighted by Crippen LogP contribution is 1.90. The first-order valence-electron chi connectivity index (χ1n) is 4.57. The molecule has 1 rings (SSSR count). The van der Waals surface area contributed by atoms with Crippen LogP contribution in [0, 0.1) is 0 Å². The maximum Gasteiger partial charge on any atom is 0.0636 e. The lowest BCUT2D eigenvalue weighted by atomic mass is 10.3. The van der Waals surface area contributed by atoms with E-state index < -0.39 is 0 Å². The standard InChI is InChI=1S/C9H17N3O/c1-8(10-6-9(2)13)7-12-5-3-4-11-12/h3-5,8-10,13H,6-7H2,1-2H3/t8?,9-/m1/s1. The van der Waals surface area contributed by atoms with Gasteiger partial charge in [0.2, 0.25) is 0 Å². The van der Waals surface area contributed by atoms with Gasteiger partial charge in [-0.05, 0) is 19.9 Å². The third-order valence-electron chi connectivity index (χ3n) is 1.78. The average molecular weight is 183 g/mol. The molecule has 0 aliphatic carbocycles. The summed E-state index contributed by atoms with van der Waals surface area (Å²) < 4.78 is 1.87. The number of aliphatic hydroxyl groups is 1. The van der Waals surface area contributed by atoms with Crippen molar-refractivity contribution < 1.29 is 5.11 Å². The van der Waals surface area contributed by atoms with E-state index in [4.69, 9.17) is 5.11 Å². The van der Waals surface area contributed by atoms with E-state index in [-0.39, 0.29) is 6.10 Å². The maximum atomic E-state index is 9.04. The first kappa shape index (κ1) is 10.2. The van der Waals surface area contributed by atoms with Crippen molar-refractivity contribution in [2.75, 3.05) is 6.54 Å². The fourth-order valence-electron chi connectivity index (χ4n) is 1.13. The van der Waals surface area contributed by atoms with Gasteiger partial charge in [-0.1, -0.05) is 0 Å². The molecule has 0 saturated carbocycles. The van der Waals surface area contributed by atoms with Crippen LogP contribution < -0.4 is 5.32 Å². The summed E-state index contributed by atoms with van der Waals surface area (Å²) in [6.07, 6.45) is 3.40. The molecule has 0 bridgehead atoms. The second-order valence-electron chi connectivity index (χ2n) is 3.39. The Morgan fingerprint density at radius 2 is 2.31 bits per heavy atom. The molecule has 2 atom stereocenters. The third-order valence-corrected chi connectivity index (χ3v) is 1.78. The van der Waals surface area contributed by atoms with E-state index in [1.54, 1.807) is 13.1 Å². The monoisotopic (exact) mass is 183 g/mol. The Balaban J connectivity index is 2.22. The van der Waals surface area contributed by atoms with Crippen molar-refractivity contribution in [1.82, 2.24) is 15.1 Å². The van der Waals surface area contributed by atoms with E-state index in [0.717, 1.165) is 6.54 Å². The molecule has 1 aromatic rings. The van der Waals surface area contributed by atoms with E-state index in [0.29, 0.717) is 12.6 Å². The molecular formula is C9H17N3O. The van der Waals surface area contributed by atoms with Gasteiger partial charge in [-0.2, -0.15) is 5.10 Å². The Morgan fingerprint density at radius 3 is 2.85 bits per heavy atom. The minimum atomic E-state index is -0.292. The largest absolute Gasteiger partial charge is 0.392 e. The molecular weight excluding hydrogens is 166 g/mol. The van der Waals surface area contributed by atoms with Gasteiger partial charge in [0, 0.05) is 25.0 Å². The summed E-state index contributed by atoms with van der Waals surface area (Å²) in [4.78, 5) is 0. The second kappa shape index (κ2) is 4.99. The number of aromatic nitrogens is 2. The Hall–Kier alpha value is -0.870. The summed E-state index contributed by atoms with van der Waals surface area (Å²) in [6.45, 7) is 5.31. The highest BCUT2D eigenvalue weighted by atomic mass is 16.3. The molecule has 2 N–H and O–H groups in total. The topological polar surface area (TPSA) is 50.1 Å².